The normalized spacial score (nSPS) is 19.4. The van der Waals surface area contributed by atoms with E-state index in [2.05, 4.69) is 105 Å². The van der Waals surface area contributed by atoms with Crippen LogP contribution in [-0.2, 0) is 20.7 Å². The van der Waals surface area contributed by atoms with Gasteiger partial charge in [0.1, 0.15) is 35.2 Å². The molecule has 2 saturated heterocycles. The first-order valence-corrected chi connectivity index (χ1v) is 21.2. The van der Waals surface area contributed by atoms with Crippen LogP contribution in [0.5, 0.6) is 11.5 Å². The minimum Gasteiger partial charge on any atom is -0.485 e. The van der Waals surface area contributed by atoms with E-state index in [1.807, 2.05) is 35.9 Å². The molecule has 4 aromatic rings. The van der Waals surface area contributed by atoms with Crippen LogP contribution in [-0.4, -0.2) is 111 Å². The maximum absolute atomic E-state index is 10.8. The van der Waals surface area contributed by atoms with E-state index in [9.17, 15) is 10.2 Å². The van der Waals surface area contributed by atoms with Gasteiger partial charge in [0.25, 0.3) is 0 Å². The van der Waals surface area contributed by atoms with E-state index in [4.69, 9.17) is 40.5 Å². The number of fused-ring (bicyclic) bond motifs is 7. The molecule has 0 saturated carbocycles. The zero-order valence-electron chi connectivity index (χ0n) is 30.9. The fourth-order valence-electron chi connectivity index (χ4n) is 6.32. The number of ether oxygens (including phenoxy) is 4. The van der Waals surface area contributed by atoms with Crippen molar-refractivity contribution in [2.24, 2.45) is 0 Å². The second kappa shape index (κ2) is 16.9. The van der Waals surface area contributed by atoms with Gasteiger partial charge in [-0.2, -0.15) is 9.97 Å². The summed E-state index contributed by atoms with van der Waals surface area (Å²) in [5, 5.41) is 24.3. The summed E-state index contributed by atoms with van der Waals surface area (Å²) in [5.74, 6) is 3.46. The van der Waals surface area contributed by atoms with Gasteiger partial charge in [-0.25, -0.2) is 19.5 Å². The molecule has 0 spiro atoms. The van der Waals surface area contributed by atoms with Crippen molar-refractivity contribution in [2.75, 3.05) is 74.9 Å². The van der Waals surface area contributed by atoms with Gasteiger partial charge in [-0.05, 0) is 57.8 Å². The largest absolute Gasteiger partial charge is 0.485 e. The van der Waals surface area contributed by atoms with Crippen molar-refractivity contribution in [1.82, 2.24) is 29.5 Å². The van der Waals surface area contributed by atoms with Gasteiger partial charge in [0.05, 0.1) is 49.5 Å². The maximum Gasteiger partial charge on any atom is 0.239 e. The van der Waals surface area contributed by atoms with Crippen molar-refractivity contribution in [3.8, 4) is 17.4 Å². The van der Waals surface area contributed by atoms with E-state index in [1.165, 1.54) is 6.42 Å². The summed E-state index contributed by atoms with van der Waals surface area (Å²) in [6.07, 6.45) is 1.23. The highest BCUT2D eigenvalue weighted by molar-refractivity contribution is 14.3. The summed E-state index contributed by atoms with van der Waals surface area (Å²) >= 11 is 13.2. The fraction of sp³-hybridized carbons (Fsp3) is 0.571. The van der Waals surface area contributed by atoms with E-state index in [1.54, 1.807) is 27.7 Å². The Labute approximate surface area is 360 Å². The van der Waals surface area contributed by atoms with Gasteiger partial charge in [0.15, 0.2) is 23.1 Å². The molecule has 19 heteroatoms. The third kappa shape index (κ3) is 9.31. The highest BCUT2D eigenvalue weighted by Gasteiger charge is 2.39. The minimum absolute atomic E-state index is 0.0944. The molecule has 2 fully saturated rings. The summed E-state index contributed by atoms with van der Waals surface area (Å²) in [6.45, 7) is 13.8. The van der Waals surface area contributed by atoms with Crippen LogP contribution in [0.15, 0.2) is 24.3 Å². The number of halogens is 4. The summed E-state index contributed by atoms with van der Waals surface area (Å²) in [6, 6.07) is 8.06. The Balaban J connectivity index is 0.000000171. The van der Waals surface area contributed by atoms with Gasteiger partial charge in [0.2, 0.25) is 17.2 Å². The Bertz CT molecular complexity index is 1950. The molecule has 2 atom stereocenters. The lowest BCUT2D eigenvalue weighted by atomic mass is 10.0. The van der Waals surface area contributed by atoms with Gasteiger partial charge in [-0.1, -0.05) is 86.8 Å². The number of alkyl halides is 3. The monoisotopic (exact) mass is 1100 g/mol. The Morgan fingerprint density at radius 2 is 1.31 bits per heavy atom. The third-order valence-corrected chi connectivity index (χ3v) is 11.5. The van der Waals surface area contributed by atoms with Crippen molar-refractivity contribution in [3.05, 3.63) is 40.9 Å². The first-order valence-electron chi connectivity index (χ1n) is 17.6. The predicted molar refractivity (Wildman–Crippen MR) is 234 cm³/mol. The van der Waals surface area contributed by atoms with Gasteiger partial charge in [-0.15, -0.1) is 0 Å². The van der Waals surface area contributed by atoms with E-state index in [0.717, 1.165) is 17.6 Å². The number of hydrogen-bond acceptors (Lipinski definition) is 14. The number of nitrogens with one attached hydrogen (secondary N) is 1. The first-order chi connectivity index (χ1) is 25.5. The molecule has 3 aromatic heterocycles. The number of aromatic nitrogens is 6. The molecular weight excluding hydrogens is 1060 g/mol. The molecule has 0 amide bonds. The number of benzene rings is 1. The number of aliphatic hydroxyl groups is 2. The number of hydrogen-bond donors (Lipinski definition) is 3. The number of rotatable bonds is 5. The zero-order chi connectivity index (χ0) is 39.0. The molecule has 2 unspecified atom stereocenters. The van der Waals surface area contributed by atoms with Crippen LogP contribution in [0.25, 0.3) is 17.0 Å². The standard InChI is InChI=1S/C20H24N6O3.C12H16ClN3O3.C3H5I3/c1-20(2,27)16-15-17(25-8-9-28-10-12(25)11-29-15)24-19(23-16)26-14-7-5-4-6-13(14)22-18(26)21-3;1-12(2,17)9-8-10(15-11(13)14-9)16-3-4-18-5-7(16)6-19-8;1-2-3(4,5)6/h4-7,12,27H,8-11H2,1-3H3,(H,21,22);7,17H,3-6H2,1-2H3;2H2,1H3. The van der Waals surface area contributed by atoms with Crippen LogP contribution in [0.4, 0.5) is 17.6 Å². The highest BCUT2D eigenvalue weighted by Crippen LogP contribution is 2.42. The van der Waals surface area contributed by atoms with Crippen LogP contribution < -0.4 is 24.6 Å². The van der Waals surface area contributed by atoms with Crippen molar-refractivity contribution in [2.45, 2.75) is 63.8 Å². The quantitative estimate of drug-likeness (QED) is 0.121. The van der Waals surface area contributed by atoms with Crippen molar-refractivity contribution in [3.63, 3.8) is 0 Å². The van der Waals surface area contributed by atoms with Crippen LogP contribution in [0, 0.1) is 0 Å². The van der Waals surface area contributed by atoms with Crippen molar-refractivity contribution < 1.29 is 29.2 Å². The first kappa shape index (κ1) is 41.8. The lowest BCUT2D eigenvalue weighted by Gasteiger charge is -2.41. The maximum atomic E-state index is 10.8. The molecule has 7 heterocycles. The zero-order valence-corrected chi connectivity index (χ0v) is 38.2. The lowest BCUT2D eigenvalue weighted by molar-refractivity contribution is 0.0556. The molecule has 0 radical (unpaired) electrons. The van der Waals surface area contributed by atoms with Crippen LogP contribution in [0.2, 0.25) is 5.28 Å². The van der Waals surface area contributed by atoms with Crippen LogP contribution in [0.3, 0.4) is 0 Å². The Kier molecular flexibility index (Phi) is 13.1. The lowest BCUT2D eigenvalue weighted by Crippen LogP contribution is -2.52. The summed E-state index contributed by atoms with van der Waals surface area (Å²) < 4.78 is 25.1. The highest BCUT2D eigenvalue weighted by atomic mass is 127. The molecule has 54 heavy (non-hydrogen) atoms. The fourth-order valence-corrected chi connectivity index (χ4v) is 6.49. The molecule has 15 nitrogen and oxygen atoms in total. The topological polar surface area (TPSA) is 165 Å². The minimum atomic E-state index is -1.20. The molecule has 0 bridgehead atoms. The van der Waals surface area contributed by atoms with Gasteiger partial charge < -0.3 is 44.3 Å². The Morgan fingerprint density at radius 1 is 0.796 bits per heavy atom. The van der Waals surface area contributed by atoms with E-state index < -0.39 is 11.2 Å². The average molecular weight is 1100 g/mol. The van der Waals surface area contributed by atoms with Gasteiger partial charge in [0, 0.05) is 20.1 Å². The molecule has 4 aliphatic heterocycles. The number of nitrogens with zero attached hydrogens (tertiary/aromatic N) is 8. The van der Waals surface area contributed by atoms with E-state index in [0.29, 0.717) is 92.0 Å². The predicted octanol–water partition coefficient (Wildman–Crippen LogP) is 5.99. The second-order valence-electron chi connectivity index (χ2n) is 14.1. The Morgan fingerprint density at radius 3 is 1.83 bits per heavy atom. The van der Waals surface area contributed by atoms with Gasteiger partial charge in [-0.3, -0.25) is 0 Å². The van der Waals surface area contributed by atoms with Crippen molar-refractivity contribution >= 4 is 108 Å². The second-order valence-corrected chi connectivity index (χ2v) is 26.1. The summed E-state index contributed by atoms with van der Waals surface area (Å²) in [7, 11) is 1.81. The molecular formula is C35H45ClI3N9O6. The summed E-state index contributed by atoms with van der Waals surface area (Å²) in [4.78, 5) is 26.9. The number of anilines is 3. The number of imidazole rings is 1. The van der Waals surface area contributed by atoms with E-state index in [-0.39, 0.29) is 17.4 Å². The van der Waals surface area contributed by atoms with Gasteiger partial charge >= 0.3 is 0 Å². The molecule has 0 aliphatic carbocycles. The molecule has 3 N–H and O–H groups in total. The summed E-state index contributed by atoms with van der Waals surface area (Å²) in [5.41, 5.74) is 0.277. The van der Waals surface area contributed by atoms with Crippen molar-refractivity contribution in [1.29, 1.82) is 0 Å². The third-order valence-electron chi connectivity index (χ3n) is 9.04. The number of para-hydroxylation sites is 2. The molecule has 294 valence electrons. The average Bonchev–Trinajstić information content (AvgIpc) is 3.52. The molecule has 4 aliphatic rings. The van der Waals surface area contributed by atoms with E-state index >= 15 is 0 Å². The van der Waals surface area contributed by atoms with Crippen LogP contribution >= 0.6 is 79.4 Å². The van der Waals surface area contributed by atoms with Crippen LogP contribution in [0.1, 0.15) is 52.4 Å². The smallest absolute Gasteiger partial charge is 0.239 e. The Hall–Kier alpha value is -1.83. The number of morpholine rings is 2. The molecule has 8 rings (SSSR count). The molecule has 1 aromatic carbocycles. The SMILES string of the molecule is CC(C)(O)c1nc(Cl)nc2c1OCC1COCCN21.CCC(I)(I)I.CNc1nc2ccccc2n1-c1nc2c(c(C(C)(C)O)n1)OCC1COCCN21.